The maximum Gasteiger partial charge on any atom is 0.180 e. The molecule has 0 amide bonds. The number of hydrogen-bond donors (Lipinski definition) is 0. The van der Waals surface area contributed by atoms with Gasteiger partial charge in [0.2, 0.25) is 0 Å². The quantitative estimate of drug-likeness (QED) is 0.663. The van der Waals surface area contributed by atoms with Crippen molar-refractivity contribution in [3.63, 3.8) is 0 Å². The van der Waals surface area contributed by atoms with E-state index >= 15 is 0 Å². The molecule has 1 radical (unpaired) electrons. The fraction of sp³-hybridized carbons (Fsp3) is 0. The van der Waals surface area contributed by atoms with E-state index in [4.69, 9.17) is 23.2 Å². The Bertz CT molecular complexity index is 416. The highest BCUT2D eigenvalue weighted by molar-refractivity contribution is 6.55. The smallest absolute Gasteiger partial charge is 0.0925 e. The molecule has 13 heavy (non-hydrogen) atoms. The second-order valence-electron chi connectivity index (χ2n) is 2.79. The van der Waals surface area contributed by atoms with Crippen molar-refractivity contribution in [1.82, 2.24) is 0 Å². The Morgan fingerprint density at radius 2 is 1.54 bits per heavy atom. The normalized spacial score (nSPS) is 11.0. The Morgan fingerprint density at radius 3 is 2.31 bits per heavy atom. The summed E-state index contributed by atoms with van der Waals surface area (Å²) in [4.78, 5) is 0.316. The van der Waals surface area contributed by atoms with Crippen molar-refractivity contribution < 1.29 is 0 Å². The first-order valence-corrected chi connectivity index (χ1v) is 4.71. The van der Waals surface area contributed by atoms with Crippen LogP contribution in [0.1, 0.15) is 5.56 Å². The van der Waals surface area contributed by atoms with Crippen LogP contribution in [0.25, 0.3) is 10.8 Å². The molecule has 2 aromatic rings. The molecule has 2 rings (SSSR count). The lowest BCUT2D eigenvalue weighted by atomic mass is 10.1. The summed E-state index contributed by atoms with van der Waals surface area (Å²) >= 11 is 11.5. The summed E-state index contributed by atoms with van der Waals surface area (Å²) < 4.78 is 0. The molecule has 0 aliphatic carbocycles. The third-order valence-corrected chi connectivity index (χ3v) is 2.40. The zero-order chi connectivity index (χ0) is 9.26. The molecule has 0 N–H and O–H groups in total. The molecule has 0 bridgehead atoms. The molecule has 0 saturated heterocycles. The van der Waals surface area contributed by atoms with Crippen LogP contribution >= 0.6 is 23.2 Å². The molecule has 0 atom stereocenters. The maximum atomic E-state index is 5.76. The number of hydrogen-bond acceptors (Lipinski definition) is 0. The Hall–Kier alpha value is -0.720. The fourth-order valence-electron chi connectivity index (χ4n) is 1.39. The second-order valence-corrected chi connectivity index (χ2v) is 3.74. The molecule has 2 aromatic carbocycles. The molecule has 0 aliphatic heterocycles. The molecule has 0 fully saturated rings. The summed E-state index contributed by atoms with van der Waals surface area (Å²) in [6, 6.07) is 13.9. The van der Waals surface area contributed by atoms with Gasteiger partial charge >= 0.3 is 0 Å². The lowest BCUT2D eigenvalue weighted by Crippen LogP contribution is -1.84. The summed E-state index contributed by atoms with van der Waals surface area (Å²) in [5, 5.41) is 2.24. The van der Waals surface area contributed by atoms with Gasteiger partial charge in [-0.25, -0.2) is 0 Å². The molecule has 0 aromatic heterocycles. The minimum Gasteiger partial charge on any atom is -0.0925 e. The lowest BCUT2D eigenvalue weighted by Gasteiger charge is -2.04. The van der Waals surface area contributed by atoms with Crippen LogP contribution in [0, 0.1) is 4.84 Å². The van der Waals surface area contributed by atoms with E-state index in [2.05, 4.69) is 0 Å². The van der Waals surface area contributed by atoms with Crippen LogP contribution in [0.4, 0.5) is 0 Å². The van der Waals surface area contributed by atoms with E-state index < -0.39 is 0 Å². The molecule has 0 saturated carbocycles. The summed E-state index contributed by atoms with van der Waals surface area (Å²) in [6.45, 7) is 0. The molecule has 0 nitrogen and oxygen atoms in total. The topological polar surface area (TPSA) is 0 Å². The van der Waals surface area contributed by atoms with Gasteiger partial charge in [-0.2, -0.15) is 0 Å². The van der Waals surface area contributed by atoms with Crippen molar-refractivity contribution in [3.8, 4) is 0 Å². The van der Waals surface area contributed by atoms with E-state index in [0.29, 0.717) is 4.84 Å². The van der Waals surface area contributed by atoms with Crippen molar-refractivity contribution in [1.29, 1.82) is 0 Å². The summed E-state index contributed by atoms with van der Waals surface area (Å²) in [6.07, 6.45) is 0. The summed E-state index contributed by atoms with van der Waals surface area (Å²) in [5.74, 6) is 0. The third kappa shape index (κ3) is 1.65. The van der Waals surface area contributed by atoms with Gasteiger partial charge in [0, 0.05) is 0 Å². The van der Waals surface area contributed by atoms with Crippen LogP contribution in [0.3, 0.4) is 0 Å². The molecule has 0 spiro atoms. The van der Waals surface area contributed by atoms with E-state index in [1.807, 2.05) is 42.5 Å². The monoisotopic (exact) mass is 209 g/mol. The van der Waals surface area contributed by atoms with Gasteiger partial charge in [0.05, 0.1) is 0 Å². The predicted octanol–water partition coefficient (Wildman–Crippen LogP) is 4.15. The Kier molecular flexibility index (Phi) is 2.43. The minimum absolute atomic E-state index is 0.316. The number of rotatable bonds is 1. The standard InChI is InChI=1S/C11H7Cl2/c12-11(13)10-7-3-5-8-4-1-2-6-9(8)10/h1-7H. The highest BCUT2D eigenvalue weighted by Crippen LogP contribution is 2.29. The average molecular weight is 210 g/mol. The molecular weight excluding hydrogens is 203 g/mol. The molecular formula is C11H7Cl2. The van der Waals surface area contributed by atoms with Gasteiger partial charge in [-0.15, -0.1) is 0 Å². The molecule has 0 heterocycles. The first kappa shape index (κ1) is 8.86. The van der Waals surface area contributed by atoms with E-state index in [0.717, 1.165) is 16.3 Å². The van der Waals surface area contributed by atoms with Gasteiger partial charge in [0.1, 0.15) is 0 Å². The van der Waals surface area contributed by atoms with Crippen molar-refractivity contribution in [2.45, 2.75) is 0 Å². The van der Waals surface area contributed by atoms with Crippen LogP contribution < -0.4 is 0 Å². The van der Waals surface area contributed by atoms with Crippen molar-refractivity contribution in [2.75, 3.05) is 0 Å². The lowest BCUT2D eigenvalue weighted by molar-refractivity contribution is 1.61. The van der Waals surface area contributed by atoms with E-state index in [1.165, 1.54) is 0 Å². The van der Waals surface area contributed by atoms with E-state index in [9.17, 15) is 0 Å². The first-order chi connectivity index (χ1) is 6.29. The van der Waals surface area contributed by atoms with Crippen LogP contribution in [0.2, 0.25) is 0 Å². The van der Waals surface area contributed by atoms with Crippen LogP contribution in [0.15, 0.2) is 42.5 Å². The minimum atomic E-state index is 0.316. The highest BCUT2D eigenvalue weighted by Gasteiger charge is 2.07. The predicted molar refractivity (Wildman–Crippen MR) is 58.0 cm³/mol. The molecule has 0 unspecified atom stereocenters. The average Bonchev–Trinajstić information content (AvgIpc) is 2.17. The van der Waals surface area contributed by atoms with E-state index in [-0.39, 0.29) is 0 Å². The zero-order valence-corrected chi connectivity index (χ0v) is 8.31. The van der Waals surface area contributed by atoms with E-state index in [1.54, 1.807) is 0 Å². The second kappa shape index (κ2) is 3.57. The van der Waals surface area contributed by atoms with Crippen molar-refractivity contribution in [2.24, 2.45) is 0 Å². The van der Waals surface area contributed by atoms with Crippen LogP contribution in [-0.2, 0) is 0 Å². The van der Waals surface area contributed by atoms with Crippen LogP contribution in [-0.4, -0.2) is 0 Å². The number of benzene rings is 2. The number of halogens is 2. The number of fused-ring (bicyclic) bond motifs is 1. The first-order valence-electron chi connectivity index (χ1n) is 3.95. The van der Waals surface area contributed by atoms with Gasteiger partial charge in [-0.05, 0) is 16.3 Å². The maximum absolute atomic E-state index is 5.76. The van der Waals surface area contributed by atoms with Gasteiger partial charge < -0.3 is 0 Å². The summed E-state index contributed by atoms with van der Waals surface area (Å²) in [5.41, 5.74) is 0.890. The highest BCUT2D eigenvalue weighted by atomic mass is 35.5. The van der Waals surface area contributed by atoms with Crippen molar-refractivity contribution in [3.05, 3.63) is 52.9 Å². The van der Waals surface area contributed by atoms with Gasteiger partial charge in [-0.1, -0.05) is 65.7 Å². The summed E-state index contributed by atoms with van der Waals surface area (Å²) in [7, 11) is 0. The van der Waals surface area contributed by atoms with Gasteiger partial charge in [0.15, 0.2) is 4.84 Å². The Labute approximate surface area is 87.1 Å². The zero-order valence-electron chi connectivity index (χ0n) is 6.80. The fourth-order valence-corrected chi connectivity index (χ4v) is 1.72. The SMILES string of the molecule is Cl[C](Cl)c1cccc2ccccc12. The molecule has 2 heteroatoms. The third-order valence-electron chi connectivity index (χ3n) is 1.99. The van der Waals surface area contributed by atoms with Gasteiger partial charge in [0.25, 0.3) is 0 Å². The molecule has 0 aliphatic rings. The largest absolute Gasteiger partial charge is 0.180 e. The van der Waals surface area contributed by atoms with Crippen molar-refractivity contribution >= 4 is 34.0 Å². The Morgan fingerprint density at radius 1 is 0.846 bits per heavy atom. The van der Waals surface area contributed by atoms with Gasteiger partial charge in [-0.3, -0.25) is 0 Å². The van der Waals surface area contributed by atoms with Crippen LogP contribution in [0.5, 0.6) is 0 Å². The molecule has 65 valence electrons. The Balaban J connectivity index is 2.76.